The van der Waals surface area contributed by atoms with Crippen molar-refractivity contribution in [2.75, 3.05) is 26.4 Å². The number of benzene rings is 1. The molecule has 1 atom stereocenters. The minimum absolute atomic E-state index is 0.0210. The molecule has 2 aliphatic heterocycles. The van der Waals surface area contributed by atoms with Gasteiger partial charge in [0.1, 0.15) is 18.5 Å². The van der Waals surface area contributed by atoms with Gasteiger partial charge in [-0.25, -0.2) is 0 Å². The van der Waals surface area contributed by atoms with Crippen molar-refractivity contribution in [3.8, 4) is 28.8 Å². The Balaban J connectivity index is 1.70. The Bertz CT molecular complexity index is 1040. The average molecular weight is 408 g/mol. The van der Waals surface area contributed by atoms with Crippen LogP contribution in [0.25, 0.3) is 11.3 Å². The van der Waals surface area contributed by atoms with Gasteiger partial charge < -0.3 is 18.8 Å². The third-order valence-corrected chi connectivity index (χ3v) is 5.51. The van der Waals surface area contributed by atoms with E-state index in [0.717, 1.165) is 35.2 Å². The summed E-state index contributed by atoms with van der Waals surface area (Å²) in [6, 6.07) is 7.94. The zero-order chi connectivity index (χ0) is 21.1. The number of ether oxygens (including phenoxy) is 3. The summed E-state index contributed by atoms with van der Waals surface area (Å²) in [5.41, 5.74) is 5.39. The van der Waals surface area contributed by atoms with E-state index < -0.39 is 0 Å². The molecule has 2 aliphatic rings. The Kier molecular flexibility index (Phi) is 6.26. The van der Waals surface area contributed by atoms with E-state index in [1.54, 1.807) is 6.07 Å². The monoisotopic (exact) mass is 407 g/mol. The van der Waals surface area contributed by atoms with E-state index in [1.165, 1.54) is 5.56 Å². The molecule has 1 aromatic carbocycles. The fraction of sp³-hybridized carbons (Fsp3) is 0.480. The normalized spacial score (nSPS) is 17.7. The first-order valence-electron chi connectivity index (χ1n) is 10.8. The first-order chi connectivity index (χ1) is 14.6. The minimum atomic E-state index is -0.100. The number of pyridine rings is 1. The van der Waals surface area contributed by atoms with E-state index in [4.69, 9.17) is 14.2 Å². The number of aryl methyl sites for hydroxylation is 1. The van der Waals surface area contributed by atoms with Gasteiger partial charge in [0.15, 0.2) is 0 Å². The van der Waals surface area contributed by atoms with Gasteiger partial charge in [0.25, 0.3) is 5.56 Å². The van der Waals surface area contributed by atoms with Gasteiger partial charge in [-0.05, 0) is 30.5 Å². The molecule has 2 aromatic rings. The van der Waals surface area contributed by atoms with Crippen LogP contribution in [0.4, 0.5) is 0 Å². The van der Waals surface area contributed by atoms with Gasteiger partial charge in [-0.1, -0.05) is 38.7 Å². The van der Waals surface area contributed by atoms with Gasteiger partial charge in [0.2, 0.25) is 0 Å². The number of nitrogens with zero attached hydrogens (tertiary/aromatic N) is 1. The highest BCUT2D eigenvalue weighted by molar-refractivity contribution is 5.72. The molecule has 0 spiro atoms. The second-order valence-electron chi connectivity index (χ2n) is 8.10. The SMILES string of the molecule is CCc1c(OCC2COCCO2)cc(=O)n2c1-c1ccc(C#CC(C)C)cc1CC2. The highest BCUT2D eigenvalue weighted by atomic mass is 16.6. The molecule has 4 rings (SSSR count). The van der Waals surface area contributed by atoms with Crippen molar-refractivity contribution in [3.63, 3.8) is 0 Å². The molecule has 1 fully saturated rings. The predicted molar refractivity (Wildman–Crippen MR) is 117 cm³/mol. The molecular formula is C25H29NO4. The number of fused-ring (bicyclic) bond motifs is 3. The summed E-state index contributed by atoms with van der Waals surface area (Å²) < 4.78 is 19.1. The molecule has 0 N–H and O–H groups in total. The van der Waals surface area contributed by atoms with Crippen molar-refractivity contribution < 1.29 is 14.2 Å². The van der Waals surface area contributed by atoms with Gasteiger partial charge in [-0.2, -0.15) is 0 Å². The summed E-state index contributed by atoms with van der Waals surface area (Å²) >= 11 is 0. The summed E-state index contributed by atoms with van der Waals surface area (Å²) in [4.78, 5) is 12.9. The van der Waals surface area contributed by atoms with Crippen LogP contribution in [0.15, 0.2) is 29.1 Å². The van der Waals surface area contributed by atoms with E-state index in [9.17, 15) is 4.79 Å². The third-order valence-electron chi connectivity index (χ3n) is 5.51. The molecule has 5 heteroatoms. The van der Waals surface area contributed by atoms with Crippen LogP contribution < -0.4 is 10.3 Å². The van der Waals surface area contributed by atoms with Gasteiger partial charge in [-0.3, -0.25) is 4.79 Å². The van der Waals surface area contributed by atoms with Gasteiger partial charge in [0.05, 0.1) is 25.5 Å². The molecule has 5 nitrogen and oxygen atoms in total. The average Bonchev–Trinajstić information content (AvgIpc) is 2.76. The second-order valence-corrected chi connectivity index (χ2v) is 8.10. The maximum Gasteiger partial charge on any atom is 0.254 e. The molecular weight excluding hydrogens is 378 g/mol. The van der Waals surface area contributed by atoms with Crippen LogP contribution in [0.1, 0.15) is 37.5 Å². The second kappa shape index (κ2) is 9.07. The highest BCUT2D eigenvalue weighted by Gasteiger charge is 2.24. The topological polar surface area (TPSA) is 49.7 Å². The molecule has 0 aliphatic carbocycles. The molecule has 0 radical (unpaired) electrons. The van der Waals surface area contributed by atoms with Gasteiger partial charge >= 0.3 is 0 Å². The Hall–Kier alpha value is -2.55. The molecule has 30 heavy (non-hydrogen) atoms. The number of aromatic nitrogens is 1. The Morgan fingerprint density at radius 1 is 1.27 bits per heavy atom. The summed E-state index contributed by atoms with van der Waals surface area (Å²) in [7, 11) is 0. The lowest BCUT2D eigenvalue weighted by Crippen LogP contribution is -2.34. The van der Waals surface area contributed by atoms with Gasteiger partial charge in [0, 0.05) is 35.2 Å². The molecule has 1 aromatic heterocycles. The van der Waals surface area contributed by atoms with Crippen LogP contribution in [0.5, 0.6) is 5.75 Å². The largest absolute Gasteiger partial charge is 0.490 e. The van der Waals surface area contributed by atoms with E-state index in [2.05, 4.69) is 50.8 Å². The first kappa shape index (κ1) is 20.7. The zero-order valence-corrected chi connectivity index (χ0v) is 18.0. The summed E-state index contributed by atoms with van der Waals surface area (Å²) in [6.07, 6.45) is 1.51. The van der Waals surface area contributed by atoms with Crippen molar-refractivity contribution in [1.82, 2.24) is 4.57 Å². The van der Waals surface area contributed by atoms with Crippen LogP contribution in [0.3, 0.4) is 0 Å². The lowest BCUT2D eigenvalue weighted by Gasteiger charge is -2.27. The Labute approximate surface area is 178 Å². The fourth-order valence-electron chi connectivity index (χ4n) is 4.05. The molecule has 0 saturated carbocycles. The van der Waals surface area contributed by atoms with Crippen molar-refractivity contribution in [3.05, 3.63) is 51.3 Å². The van der Waals surface area contributed by atoms with Crippen LogP contribution in [-0.2, 0) is 28.9 Å². The van der Waals surface area contributed by atoms with Crippen LogP contribution in [0, 0.1) is 17.8 Å². The van der Waals surface area contributed by atoms with E-state index in [1.807, 2.05) is 4.57 Å². The zero-order valence-electron chi connectivity index (χ0n) is 18.0. The van der Waals surface area contributed by atoms with Crippen molar-refractivity contribution in [2.24, 2.45) is 5.92 Å². The number of hydrogen-bond donors (Lipinski definition) is 0. The van der Waals surface area contributed by atoms with Crippen molar-refractivity contribution in [2.45, 2.75) is 46.3 Å². The molecule has 0 amide bonds. The van der Waals surface area contributed by atoms with Crippen LogP contribution in [-0.4, -0.2) is 37.1 Å². The molecule has 1 unspecified atom stereocenters. The maximum atomic E-state index is 12.9. The Morgan fingerprint density at radius 3 is 2.87 bits per heavy atom. The van der Waals surface area contributed by atoms with E-state index in [-0.39, 0.29) is 11.7 Å². The highest BCUT2D eigenvalue weighted by Crippen LogP contribution is 2.35. The summed E-state index contributed by atoms with van der Waals surface area (Å²) in [5.74, 6) is 7.48. The minimum Gasteiger partial charge on any atom is -0.490 e. The molecule has 3 heterocycles. The number of rotatable bonds is 4. The molecule has 1 saturated heterocycles. The predicted octanol–water partition coefficient (Wildman–Crippen LogP) is 3.44. The first-order valence-corrected chi connectivity index (χ1v) is 10.8. The van der Waals surface area contributed by atoms with Gasteiger partial charge in [-0.15, -0.1) is 0 Å². The summed E-state index contributed by atoms with van der Waals surface area (Å²) in [6.45, 7) is 9.07. The third kappa shape index (κ3) is 4.30. The van der Waals surface area contributed by atoms with Crippen molar-refractivity contribution in [1.29, 1.82) is 0 Å². The maximum absolute atomic E-state index is 12.9. The fourth-order valence-corrected chi connectivity index (χ4v) is 4.05. The lowest BCUT2D eigenvalue weighted by molar-refractivity contribution is -0.101. The number of hydrogen-bond acceptors (Lipinski definition) is 4. The standard InChI is InChI=1S/C25H29NO4/c1-4-21-23(30-16-20-15-28-11-12-29-20)14-24(27)26-10-9-19-13-18(6-5-17(2)3)7-8-22(19)25(21)26/h7-8,13-14,17,20H,4,9-12,15-16H2,1-3H3. The van der Waals surface area contributed by atoms with E-state index in [0.29, 0.717) is 44.6 Å². The lowest BCUT2D eigenvalue weighted by atomic mass is 9.91. The van der Waals surface area contributed by atoms with Crippen LogP contribution >= 0.6 is 0 Å². The smallest absolute Gasteiger partial charge is 0.254 e. The van der Waals surface area contributed by atoms with E-state index >= 15 is 0 Å². The van der Waals surface area contributed by atoms with Crippen molar-refractivity contribution >= 4 is 0 Å². The van der Waals surface area contributed by atoms with Crippen LogP contribution in [0.2, 0.25) is 0 Å². The quantitative estimate of drug-likeness (QED) is 0.729. The molecule has 0 bridgehead atoms. The Morgan fingerprint density at radius 2 is 2.13 bits per heavy atom. The summed E-state index contributed by atoms with van der Waals surface area (Å²) in [5, 5.41) is 0. The molecule has 158 valence electrons.